The van der Waals surface area contributed by atoms with Crippen molar-refractivity contribution < 1.29 is 9.53 Å². The lowest BCUT2D eigenvalue weighted by Gasteiger charge is -2.05. The maximum absolute atomic E-state index is 10.1. The summed E-state index contributed by atoms with van der Waals surface area (Å²) in [4.78, 5) is 10.1. The van der Waals surface area contributed by atoms with Gasteiger partial charge in [-0.3, -0.25) is 4.79 Å². The van der Waals surface area contributed by atoms with Crippen molar-refractivity contribution in [1.29, 1.82) is 0 Å². The van der Waals surface area contributed by atoms with Gasteiger partial charge in [0.05, 0.1) is 0 Å². The van der Waals surface area contributed by atoms with Crippen molar-refractivity contribution in [3.63, 3.8) is 0 Å². The van der Waals surface area contributed by atoms with Crippen molar-refractivity contribution in [3.05, 3.63) is 54.6 Å². The maximum Gasteiger partial charge on any atom is 0.239 e. The number of ether oxygens (including phenoxy) is 1. The molecule has 0 spiro atoms. The van der Waals surface area contributed by atoms with Gasteiger partial charge in [0.1, 0.15) is 5.75 Å². The van der Waals surface area contributed by atoms with Gasteiger partial charge in [-0.05, 0) is 23.3 Å². The predicted octanol–water partition coefficient (Wildman–Crippen LogP) is 2.84. The smallest absolute Gasteiger partial charge is 0.239 e. The fourth-order valence-corrected chi connectivity index (χ4v) is 1.51. The van der Waals surface area contributed by atoms with Crippen molar-refractivity contribution in [1.82, 2.24) is 0 Å². The van der Waals surface area contributed by atoms with Crippen LogP contribution in [0.1, 0.15) is 0 Å². The zero-order chi connectivity index (χ0) is 11.2. The lowest BCUT2D eigenvalue weighted by atomic mass is 10.1. The van der Waals surface area contributed by atoms with E-state index in [-0.39, 0.29) is 6.61 Å². The molecule has 0 aliphatic heterocycles. The Morgan fingerprint density at radius 1 is 0.938 bits per heavy atom. The third-order valence-electron chi connectivity index (χ3n) is 2.24. The number of carbonyl (C=O) groups excluding carboxylic acids is 1. The van der Waals surface area contributed by atoms with Crippen LogP contribution in [0.15, 0.2) is 54.6 Å². The fourth-order valence-electron chi connectivity index (χ4n) is 1.51. The zero-order valence-electron chi connectivity index (χ0n) is 8.72. The van der Waals surface area contributed by atoms with Gasteiger partial charge in [0.15, 0.2) is 6.61 Å². The van der Waals surface area contributed by atoms with Gasteiger partial charge < -0.3 is 4.74 Å². The van der Waals surface area contributed by atoms with Crippen LogP contribution in [-0.2, 0) is 4.79 Å². The van der Waals surface area contributed by atoms with Crippen LogP contribution in [0.25, 0.3) is 11.1 Å². The molecule has 0 unspecified atom stereocenters. The van der Waals surface area contributed by atoms with Crippen LogP contribution in [0.5, 0.6) is 5.75 Å². The second kappa shape index (κ2) is 5.12. The number of hydrogen-bond acceptors (Lipinski definition) is 2. The van der Waals surface area contributed by atoms with Gasteiger partial charge in [0.25, 0.3) is 0 Å². The van der Waals surface area contributed by atoms with Gasteiger partial charge in [-0.25, -0.2) is 0 Å². The van der Waals surface area contributed by atoms with Crippen molar-refractivity contribution in [3.8, 4) is 16.9 Å². The van der Waals surface area contributed by atoms with Gasteiger partial charge in [-0.15, -0.1) is 0 Å². The molecule has 0 aromatic heterocycles. The molecule has 79 valence electrons. The highest BCUT2D eigenvalue weighted by molar-refractivity contribution is 5.65. The van der Waals surface area contributed by atoms with E-state index >= 15 is 0 Å². The lowest BCUT2D eigenvalue weighted by Crippen LogP contribution is -1.97. The molecule has 0 saturated heterocycles. The average molecular weight is 211 g/mol. The van der Waals surface area contributed by atoms with E-state index in [2.05, 4.69) is 0 Å². The second-order valence-corrected chi connectivity index (χ2v) is 3.33. The zero-order valence-corrected chi connectivity index (χ0v) is 8.72. The predicted molar refractivity (Wildman–Crippen MR) is 63.1 cm³/mol. The molecule has 0 bridgehead atoms. The first-order chi connectivity index (χ1) is 7.90. The summed E-state index contributed by atoms with van der Waals surface area (Å²) in [6.45, 7) is -0.0295. The molecular weight excluding hydrogens is 200 g/mol. The molecule has 0 heterocycles. The average Bonchev–Trinajstić information content (AvgIpc) is 2.38. The Labute approximate surface area is 94.5 Å². The summed E-state index contributed by atoms with van der Waals surface area (Å²) in [5, 5.41) is 0. The highest BCUT2D eigenvalue weighted by Gasteiger charge is 1.98. The summed E-state index contributed by atoms with van der Waals surface area (Å²) < 4.78 is 5.19. The minimum atomic E-state index is -0.0295. The Bertz CT molecular complexity index is 463. The van der Waals surface area contributed by atoms with Crippen molar-refractivity contribution >= 4 is 6.29 Å². The third-order valence-corrected chi connectivity index (χ3v) is 2.24. The first kappa shape index (κ1) is 10.4. The molecule has 2 heteroatoms. The summed E-state index contributed by atoms with van der Waals surface area (Å²) in [7, 11) is 0. The number of benzene rings is 2. The molecule has 0 saturated carbocycles. The Hall–Kier alpha value is -2.09. The Morgan fingerprint density at radius 3 is 2.44 bits per heavy atom. The SMILES string of the molecule is O=[C]COc1cccc(-c2ccccc2)c1. The van der Waals surface area contributed by atoms with E-state index in [1.807, 2.05) is 54.6 Å². The summed E-state index contributed by atoms with van der Waals surface area (Å²) in [5.74, 6) is 0.685. The summed E-state index contributed by atoms with van der Waals surface area (Å²) in [6.07, 6.45) is 1.70. The van der Waals surface area contributed by atoms with Gasteiger partial charge in [0.2, 0.25) is 6.29 Å². The quantitative estimate of drug-likeness (QED) is 0.777. The van der Waals surface area contributed by atoms with Crippen LogP contribution < -0.4 is 4.74 Å². The number of hydrogen-bond donors (Lipinski definition) is 0. The van der Waals surface area contributed by atoms with E-state index in [0.717, 1.165) is 11.1 Å². The molecule has 0 N–H and O–H groups in total. The normalized spacial score (nSPS) is 9.75. The maximum atomic E-state index is 10.1. The molecule has 1 radical (unpaired) electrons. The molecule has 0 fully saturated rings. The standard InChI is InChI=1S/C14H11O2/c15-9-10-16-14-8-4-7-13(11-14)12-5-2-1-3-6-12/h1-8,11H,10H2. The van der Waals surface area contributed by atoms with Crippen molar-refractivity contribution in [2.45, 2.75) is 0 Å². The van der Waals surface area contributed by atoms with E-state index in [1.165, 1.54) is 0 Å². The Morgan fingerprint density at radius 2 is 1.69 bits per heavy atom. The molecule has 0 aliphatic rings. The van der Waals surface area contributed by atoms with E-state index < -0.39 is 0 Å². The van der Waals surface area contributed by atoms with Crippen LogP contribution in [-0.4, -0.2) is 12.9 Å². The topological polar surface area (TPSA) is 26.3 Å². The molecule has 2 nitrogen and oxygen atoms in total. The van der Waals surface area contributed by atoms with E-state index in [4.69, 9.17) is 4.74 Å². The van der Waals surface area contributed by atoms with E-state index in [1.54, 1.807) is 6.29 Å². The van der Waals surface area contributed by atoms with Crippen LogP contribution in [0.3, 0.4) is 0 Å². The summed E-state index contributed by atoms with van der Waals surface area (Å²) in [5.41, 5.74) is 2.20. The largest absolute Gasteiger partial charge is 0.485 e. The van der Waals surface area contributed by atoms with Crippen molar-refractivity contribution in [2.24, 2.45) is 0 Å². The molecule has 2 rings (SSSR count). The monoisotopic (exact) mass is 211 g/mol. The molecule has 0 amide bonds. The molecule has 2 aromatic rings. The fraction of sp³-hybridized carbons (Fsp3) is 0.0714. The van der Waals surface area contributed by atoms with Crippen LogP contribution in [0.4, 0.5) is 0 Å². The lowest BCUT2D eigenvalue weighted by molar-refractivity contribution is 0.365. The Balaban J connectivity index is 2.25. The molecule has 0 atom stereocenters. The van der Waals surface area contributed by atoms with Crippen LogP contribution in [0, 0.1) is 0 Å². The molecule has 2 aromatic carbocycles. The van der Waals surface area contributed by atoms with Crippen molar-refractivity contribution in [2.75, 3.05) is 6.61 Å². The van der Waals surface area contributed by atoms with E-state index in [9.17, 15) is 4.79 Å². The van der Waals surface area contributed by atoms with Crippen LogP contribution >= 0.6 is 0 Å². The van der Waals surface area contributed by atoms with Gasteiger partial charge in [-0.2, -0.15) is 0 Å². The molecule has 0 aliphatic carbocycles. The van der Waals surface area contributed by atoms with Gasteiger partial charge in [0, 0.05) is 0 Å². The summed E-state index contributed by atoms with van der Waals surface area (Å²) >= 11 is 0. The highest BCUT2D eigenvalue weighted by Crippen LogP contribution is 2.23. The van der Waals surface area contributed by atoms with Gasteiger partial charge >= 0.3 is 0 Å². The third kappa shape index (κ3) is 2.48. The summed E-state index contributed by atoms with van der Waals surface area (Å²) in [6, 6.07) is 17.7. The second-order valence-electron chi connectivity index (χ2n) is 3.33. The molecular formula is C14H11O2. The highest BCUT2D eigenvalue weighted by atomic mass is 16.5. The van der Waals surface area contributed by atoms with Crippen LogP contribution in [0.2, 0.25) is 0 Å². The minimum Gasteiger partial charge on any atom is -0.485 e. The van der Waals surface area contributed by atoms with E-state index in [0.29, 0.717) is 5.75 Å². The first-order valence-electron chi connectivity index (χ1n) is 5.03. The Kier molecular flexibility index (Phi) is 3.34. The minimum absolute atomic E-state index is 0.0295. The molecule has 16 heavy (non-hydrogen) atoms. The van der Waals surface area contributed by atoms with Gasteiger partial charge in [-0.1, -0.05) is 42.5 Å². The number of rotatable bonds is 4. The first-order valence-corrected chi connectivity index (χ1v) is 5.03.